The van der Waals surface area contributed by atoms with Crippen LogP contribution in [-0.2, 0) is 6.54 Å². The summed E-state index contributed by atoms with van der Waals surface area (Å²) in [7, 11) is 0. The Balaban J connectivity index is 2.08. The zero-order valence-electron chi connectivity index (χ0n) is 9.92. The number of H-pyrrole nitrogens is 1. The van der Waals surface area contributed by atoms with E-state index in [4.69, 9.17) is 0 Å². The fourth-order valence-corrected chi connectivity index (χ4v) is 1.93. The summed E-state index contributed by atoms with van der Waals surface area (Å²) in [6.07, 6.45) is 3.30. The summed E-state index contributed by atoms with van der Waals surface area (Å²) in [6.45, 7) is 2.34. The lowest BCUT2D eigenvalue weighted by Crippen LogP contribution is -2.21. The van der Waals surface area contributed by atoms with E-state index in [-0.39, 0.29) is 5.56 Å². The summed E-state index contributed by atoms with van der Waals surface area (Å²) in [4.78, 5) is 23.8. The number of rotatable bonds is 2. The predicted octanol–water partition coefficient (Wildman–Crippen LogP) is 1.48. The lowest BCUT2D eigenvalue weighted by molar-refractivity contribution is 0.714. The molecule has 18 heavy (non-hydrogen) atoms. The Hall–Kier alpha value is -2.43. The highest BCUT2D eigenvalue weighted by Crippen LogP contribution is 2.05. The lowest BCUT2D eigenvalue weighted by Gasteiger charge is -2.04. The Kier molecular flexibility index (Phi) is 2.44. The van der Waals surface area contributed by atoms with Crippen molar-refractivity contribution in [3.8, 4) is 0 Å². The third-order valence-corrected chi connectivity index (χ3v) is 2.81. The maximum Gasteiger partial charge on any atom is 0.261 e. The molecule has 5 heteroatoms. The summed E-state index contributed by atoms with van der Waals surface area (Å²) in [5.74, 6) is 0.756. The minimum atomic E-state index is -0.0466. The fourth-order valence-electron chi connectivity index (χ4n) is 1.93. The first-order valence-corrected chi connectivity index (χ1v) is 5.69. The molecule has 0 amide bonds. The van der Waals surface area contributed by atoms with E-state index >= 15 is 0 Å². The van der Waals surface area contributed by atoms with E-state index < -0.39 is 0 Å². The molecule has 0 bridgehead atoms. The highest BCUT2D eigenvalue weighted by molar-refractivity contribution is 5.76. The van der Waals surface area contributed by atoms with Crippen LogP contribution in [-0.4, -0.2) is 19.5 Å². The second-order valence-electron chi connectivity index (χ2n) is 4.21. The average molecular weight is 240 g/mol. The molecule has 0 aliphatic rings. The highest BCUT2D eigenvalue weighted by Gasteiger charge is 2.05. The standard InChI is InChI=1S/C13H12N4O/c1-9-6-14-12(16-9)7-17-8-15-11-5-3-2-4-10(11)13(17)18/h2-6,8H,7H2,1H3,(H,14,16). The normalized spacial score (nSPS) is 10.9. The molecule has 0 aliphatic heterocycles. The summed E-state index contributed by atoms with van der Waals surface area (Å²) in [5, 5.41) is 0.628. The first-order chi connectivity index (χ1) is 8.74. The van der Waals surface area contributed by atoms with Gasteiger partial charge in [-0.3, -0.25) is 9.36 Å². The van der Waals surface area contributed by atoms with Gasteiger partial charge in [0.1, 0.15) is 5.82 Å². The van der Waals surface area contributed by atoms with Gasteiger partial charge in [0.15, 0.2) is 0 Å². The van der Waals surface area contributed by atoms with Crippen LogP contribution in [0.3, 0.4) is 0 Å². The molecule has 5 nitrogen and oxygen atoms in total. The van der Waals surface area contributed by atoms with Crippen molar-refractivity contribution in [2.45, 2.75) is 13.5 Å². The minimum absolute atomic E-state index is 0.0466. The molecule has 2 heterocycles. The number of hydrogen-bond acceptors (Lipinski definition) is 3. The second kappa shape index (κ2) is 4.10. The van der Waals surface area contributed by atoms with Crippen LogP contribution < -0.4 is 5.56 Å². The van der Waals surface area contributed by atoms with Crippen molar-refractivity contribution >= 4 is 10.9 Å². The van der Waals surface area contributed by atoms with Crippen LogP contribution in [0.2, 0.25) is 0 Å². The van der Waals surface area contributed by atoms with Crippen molar-refractivity contribution in [3.05, 3.63) is 58.7 Å². The van der Waals surface area contributed by atoms with E-state index in [0.29, 0.717) is 11.9 Å². The van der Waals surface area contributed by atoms with Crippen LogP contribution >= 0.6 is 0 Å². The Labute approximate surface area is 103 Å². The SMILES string of the molecule is Cc1cnc(Cn2cnc3ccccc3c2=O)[nH]1. The molecular formula is C13H12N4O. The van der Waals surface area contributed by atoms with Gasteiger partial charge >= 0.3 is 0 Å². The predicted molar refractivity (Wildman–Crippen MR) is 68.4 cm³/mol. The maximum absolute atomic E-state index is 12.2. The molecular weight excluding hydrogens is 228 g/mol. The zero-order chi connectivity index (χ0) is 12.5. The summed E-state index contributed by atoms with van der Waals surface area (Å²) < 4.78 is 1.56. The summed E-state index contributed by atoms with van der Waals surface area (Å²) in [6, 6.07) is 7.33. The Morgan fingerprint density at radius 1 is 1.28 bits per heavy atom. The van der Waals surface area contributed by atoms with Gasteiger partial charge in [-0.1, -0.05) is 12.1 Å². The number of aromatic nitrogens is 4. The van der Waals surface area contributed by atoms with Gasteiger partial charge in [-0.25, -0.2) is 9.97 Å². The van der Waals surface area contributed by atoms with Crippen molar-refractivity contribution in [2.24, 2.45) is 0 Å². The number of aryl methyl sites for hydroxylation is 1. The number of nitrogens with one attached hydrogen (secondary N) is 1. The van der Waals surface area contributed by atoms with Crippen LogP contribution in [0.15, 0.2) is 41.6 Å². The van der Waals surface area contributed by atoms with E-state index in [0.717, 1.165) is 17.0 Å². The molecule has 2 aromatic heterocycles. The van der Waals surface area contributed by atoms with Crippen molar-refractivity contribution < 1.29 is 0 Å². The van der Waals surface area contributed by atoms with E-state index in [1.807, 2.05) is 25.1 Å². The van der Waals surface area contributed by atoms with Crippen molar-refractivity contribution in [2.75, 3.05) is 0 Å². The van der Waals surface area contributed by atoms with Gasteiger partial charge in [0.2, 0.25) is 0 Å². The van der Waals surface area contributed by atoms with Crippen LogP contribution in [0, 0.1) is 6.92 Å². The molecule has 1 N–H and O–H groups in total. The minimum Gasteiger partial charge on any atom is -0.345 e. The Bertz CT molecular complexity index is 757. The first-order valence-electron chi connectivity index (χ1n) is 5.69. The van der Waals surface area contributed by atoms with Crippen LogP contribution in [0.4, 0.5) is 0 Å². The first kappa shape index (κ1) is 10.7. The van der Waals surface area contributed by atoms with Gasteiger partial charge in [-0.05, 0) is 19.1 Å². The smallest absolute Gasteiger partial charge is 0.261 e. The highest BCUT2D eigenvalue weighted by atomic mass is 16.1. The number of para-hydroxylation sites is 1. The number of nitrogens with zero attached hydrogens (tertiary/aromatic N) is 3. The number of aromatic amines is 1. The van der Waals surface area contributed by atoms with E-state index in [1.54, 1.807) is 23.2 Å². The molecule has 1 aromatic carbocycles. The van der Waals surface area contributed by atoms with Gasteiger partial charge in [0.25, 0.3) is 5.56 Å². The van der Waals surface area contributed by atoms with E-state index in [1.165, 1.54) is 0 Å². The third kappa shape index (κ3) is 1.79. The molecule has 0 unspecified atom stereocenters. The molecule has 0 atom stereocenters. The van der Waals surface area contributed by atoms with Crippen molar-refractivity contribution in [1.82, 2.24) is 19.5 Å². The third-order valence-electron chi connectivity index (χ3n) is 2.81. The van der Waals surface area contributed by atoms with E-state index in [9.17, 15) is 4.79 Å². The maximum atomic E-state index is 12.2. The van der Waals surface area contributed by atoms with Gasteiger partial charge in [-0.2, -0.15) is 0 Å². The molecule has 0 fully saturated rings. The molecule has 0 saturated carbocycles. The van der Waals surface area contributed by atoms with Crippen LogP contribution in [0.1, 0.15) is 11.5 Å². The van der Waals surface area contributed by atoms with Gasteiger partial charge in [-0.15, -0.1) is 0 Å². The molecule has 0 radical (unpaired) electrons. The Morgan fingerprint density at radius 2 is 2.11 bits per heavy atom. The monoisotopic (exact) mass is 240 g/mol. The molecule has 3 rings (SSSR count). The molecule has 0 saturated heterocycles. The molecule has 0 spiro atoms. The summed E-state index contributed by atoms with van der Waals surface area (Å²) >= 11 is 0. The number of benzene rings is 1. The van der Waals surface area contributed by atoms with Crippen molar-refractivity contribution in [1.29, 1.82) is 0 Å². The molecule has 3 aromatic rings. The van der Waals surface area contributed by atoms with Gasteiger partial charge in [0.05, 0.1) is 23.8 Å². The molecule has 0 aliphatic carbocycles. The van der Waals surface area contributed by atoms with Crippen LogP contribution in [0.25, 0.3) is 10.9 Å². The zero-order valence-corrected chi connectivity index (χ0v) is 9.92. The number of imidazole rings is 1. The molecule has 90 valence electrons. The van der Waals surface area contributed by atoms with Crippen molar-refractivity contribution in [3.63, 3.8) is 0 Å². The number of hydrogen-bond donors (Lipinski definition) is 1. The summed E-state index contributed by atoms with van der Waals surface area (Å²) in [5.41, 5.74) is 1.65. The quantitative estimate of drug-likeness (QED) is 0.737. The van der Waals surface area contributed by atoms with Gasteiger partial charge in [0, 0.05) is 11.9 Å². The average Bonchev–Trinajstić information content (AvgIpc) is 2.79. The lowest BCUT2D eigenvalue weighted by atomic mass is 10.2. The van der Waals surface area contributed by atoms with E-state index in [2.05, 4.69) is 15.0 Å². The van der Waals surface area contributed by atoms with Gasteiger partial charge < -0.3 is 4.98 Å². The second-order valence-corrected chi connectivity index (χ2v) is 4.21. The van der Waals surface area contributed by atoms with Crippen LogP contribution in [0.5, 0.6) is 0 Å². The topological polar surface area (TPSA) is 63.6 Å². The number of fused-ring (bicyclic) bond motifs is 1. The fraction of sp³-hybridized carbons (Fsp3) is 0.154. The Morgan fingerprint density at radius 3 is 2.89 bits per heavy atom. The largest absolute Gasteiger partial charge is 0.345 e.